The van der Waals surface area contributed by atoms with Crippen molar-refractivity contribution in [2.75, 3.05) is 6.54 Å². The van der Waals surface area contributed by atoms with Crippen LogP contribution in [0.2, 0.25) is 0 Å². The number of benzene rings is 1. The van der Waals surface area contributed by atoms with Crippen molar-refractivity contribution in [2.24, 2.45) is 28.1 Å². The molecule has 0 saturated heterocycles. The topological polar surface area (TPSA) is 229 Å². The molecule has 9 N–H and O–H groups in total. The first-order valence-corrected chi connectivity index (χ1v) is 12.3. The number of aliphatic imine (C=N–C) groups is 1. The molecule has 13 heteroatoms. The van der Waals surface area contributed by atoms with E-state index in [0.717, 1.165) is 11.3 Å². The van der Waals surface area contributed by atoms with Gasteiger partial charge in [-0.3, -0.25) is 9.79 Å². The summed E-state index contributed by atoms with van der Waals surface area (Å²) >= 11 is 0. The van der Waals surface area contributed by atoms with E-state index in [2.05, 4.69) is 15.3 Å². The number of ether oxygens (including phenoxy) is 1. The highest BCUT2D eigenvalue weighted by atomic mass is 16.6. The van der Waals surface area contributed by atoms with Gasteiger partial charge in [-0.2, -0.15) is 0 Å². The molecule has 39 heavy (non-hydrogen) atoms. The summed E-state index contributed by atoms with van der Waals surface area (Å²) in [6.07, 6.45) is 3.78. The number of aliphatic carboxylic acids is 2. The van der Waals surface area contributed by atoms with E-state index in [-0.39, 0.29) is 11.9 Å². The Hall–Kier alpha value is -4.13. The molecular weight excluding hydrogens is 508 g/mol. The lowest BCUT2D eigenvalue weighted by Gasteiger charge is -2.22. The Morgan fingerprint density at radius 1 is 1.10 bits per heavy atom. The van der Waals surface area contributed by atoms with Crippen LogP contribution in [-0.4, -0.2) is 63.4 Å². The van der Waals surface area contributed by atoms with Gasteiger partial charge < -0.3 is 41.9 Å². The van der Waals surface area contributed by atoms with Crippen molar-refractivity contribution in [1.82, 2.24) is 10.3 Å². The first-order chi connectivity index (χ1) is 18.1. The van der Waals surface area contributed by atoms with Gasteiger partial charge in [0.1, 0.15) is 17.7 Å². The maximum atomic E-state index is 11.4. The summed E-state index contributed by atoms with van der Waals surface area (Å²) in [6, 6.07) is 8.17. The molecule has 2 aromatic rings. The van der Waals surface area contributed by atoms with Crippen LogP contribution in [0.4, 0.5) is 4.79 Å². The molecule has 0 spiro atoms. The summed E-state index contributed by atoms with van der Waals surface area (Å²) in [5.41, 5.74) is 15.8. The lowest BCUT2D eigenvalue weighted by molar-refractivity contribution is -0.140. The van der Waals surface area contributed by atoms with Gasteiger partial charge in [0.2, 0.25) is 0 Å². The number of hydrogen-bond acceptors (Lipinski definition) is 8. The second-order valence-corrected chi connectivity index (χ2v) is 9.79. The number of carbonyl (C=O) groups is 3. The molecule has 0 fully saturated rings. The number of oxazole rings is 1. The fourth-order valence-electron chi connectivity index (χ4n) is 2.75. The van der Waals surface area contributed by atoms with Gasteiger partial charge in [-0.25, -0.2) is 14.6 Å². The zero-order valence-electron chi connectivity index (χ0n) is 23.2. The highest BCUT2D eigenvalue weighted by Crippen LogP contribution is 2.16. The molecule has 2 rings (SSSR count). The quantitative estimate of drug-likeness (QED) is 0.143. The number of hydrogen-bond donors (Lipinski definition) is 6. The van der Waals surface area contributed by atoms with Crippen molar-refractivity contribution < 1.29 is 33.8 Å². The number of rotatable bonds is 10. The van der Waals surface area contributed by atoms with E-state index in [4.69, 9.17) is 36.6 Å². The lowest BCUT2D eigenvalue weighted by Crippen LogP contribution is -2.44. The highest BCUT2D eigenvalue weighted by Gasteiger charge is 2.24. The van der Waals surface area contributed by atoms with Crippen molar-refractivity contribution in [3.8, 4) is 11.3 Å². The number of nitrogens with zero attached hydrogens (tertiary/aromatic N) is 2. The molecule has 1 aromatic heterocycles. The van der Waals surface area contributed by atoms with Crippen LogP contribution in [0.25, 0.3) is 11.3 Å². The van der Waals surface area contributed by atoms with E-state index in [9.17, 15) is 14.4 Å². The number of guanidine groups is 1. The van der Waals surface area contributed by atoms with Crippen molar-refractivity contribution in [1.29, 1.82) is 0 Å². The Balaban J connectivity index is 0.000000565. The fraction of sp³-hybridized carbons (Fsp3) is 0.500. The second kappa shape index (κ2) is 18.2. The minimum atomic E-state index is -1.04. The predicted molar refractivity (Wildman–Crippen MR) is 148 cm³/mol. The Labute approximate surface area is 228 Å². The van der Waals surface area contributed by atoms with Gasteiger partial charge in [0.15, 0.2) is 18.1 Å². The molecule has 2 atom stereocenters. The summed E-state index contributed by atoms with van der Waals surface area (Å²) in [7, 11) is 0. The van der Waals surface area contributed by atoms with Crippen molar-refractivity contribution in [2.45, 2.75) is 71.6 Å². The number of alkyl carbamates (subject to hydrolysis) is 1. The van der Waals surface area contributed by atoms with Gasteiger partial charge in [0.25, 0.3) is 0 Å². The van der Waals surface area contributed by atoms with Crippen LogP contribution < -0.4 is 22.5 Å². The molecule has 0 aliphatic carbocycles. The molecular formula is C26H42N6O7. The standard InChI is InChI=1S/C11H21NO4.C9H7NO.C6H14N4O2/c1-7(2)6-8(9(13)14)12-10(15)16-11(3,4)5;1-2-4-8(5-3-1)9-6-10-7-11-9;7-4(5(11)12)2-1-3-10-6(8)9/h7-8H,6H2,1-5H3,(H,12,15)(H,13,14);1-7H;4H,1-3,7H2,(H,11,12)(H4,8,9,10). The molecule has 1 amide bonds. The highest BCUT2D eigenvalue weighted by molar-refractivity contribution is 5.80. The third kappa shape index (κ3) is 18.7. The summed E-state index contributed by atoms with van der Waals surface area (Å²) in [6.45, 7) is 9.39. The maximum Gasteiger partial charge on any atom is 0.408 e. The molecule has 218 valence electrons. The van der Waals surface area contributed by atoms with E-state index in [1.807, 2.05) is 44.2 Å². The minimum absolute atomic E-state index is 0.0129. The monoisotopic (exact) mass is 550 g/mol. The van der Waals surface area contributed by atoms with E-state index in [1.54, 1.807) is 27.0 Å². The van der Waals surface area contributed by atoms with Gasteiger partial charge in [-0.1, -0.05) is 44.2 Å². The van der Waals surface area contributed by atoms with Crippen LogP contribution in [0, 0.1) is 5.92 Å². The van der Waals surface area contributed by atoms with Crippen molar-refractivity contribution in [3.63, 3.8) is 0 Å². The number of nitrogens with two attached hydrogens (primary N) is 3. The Bertz CT molecular complexity index is 1000. The molecule has 0 bridgehead atoms. The van der Waals surface area contributed by atoms with Gasteiger partial charge in [-0.05, 0) is 46.0 Å². The lowest BCUT2D eigenvalue weighted by atomic mass is 10.0. The summed E-state index contributed by atoms with van der Waals surface area (Å²) in [4.78, 5) is 40.0. The molecule has 1 heterocycles. The van der Waals surface area contributed by atoms with E-state index >= 15 is 0 Å². The van der Waals surface area contributed by atoms with Crippen molar-refractivity contribution >= 4 is 24.0 Å². The number of carbonyl (C=O) groups excluding carboxylic acids is 1. The van der Waals surface area contributed by atoms with Crippen LogP contribution in [0.1, 0.15) is 53.9 Å². The summed E-state index contributed by atoms with van der Waals surface area (Å²) in [5, 5.41) is 19.6. The van der Waals surface area contributed by atoms with Crippen LogP contribution >= 0.6 is 0 Å². The maximum absolute atomic E-state index is 11.4. The van der Waals surface area contributed by atoms with Crippen LogP contribution in [0.5, 0.6) is 0 Å². The molecule has 0 aliphatic rings. The van der Waals surface area contributed by atoms with Crippen LogP contribution in [0.15, 0.2) is 52.3 Å². The molecule has 0 saturated carbocycles. The van der Waals surface area contributed by atoms with E-state index in [1.165, 1.54) is 6.39 Å². The first kappa shape index (κ1) is 34.9. The van der Waals surface area contributed by atoms with Gasteiger partial charge in [-0.15, -0.1) is 0 Å². The van der Waals surface area contributed by atoms with Gasteiger partial charge in [0, 0.05) is 12.1 Å². The summed E-state index contributed by atoms with van der Waals surface area (Å²) < 4.78 is 10.1. The van der Waals surface area contributed by atoms with Gasteiger partial charge >= 0.3 is 18.0 Å². The fourth-order valence-corrected chi connectivity index (χ4v) is 2.75. The van der Waals surface area contributed by atoms with Gasteiger partial charge in [0.05, 0.1) is 6.20 Å². The average Bonchev–Trinajstić information content (AvgIpc) is 3.36. The largest absolute Gasteiger partial charge is 0.480 e. The molecule has 0 radical (unpaired) electrons. The number of carboxylic acids is 2. The third-order valence-corrected chi connectivity index (χ3v) is 4.47. The minimum Gasteiger partial charge on any atom is -0.480 e. The zero-order chi connectivity index (χ0) is 30.0. The van der Waals surface area contributed by atoms with E-state index in [0.29, 0.717) is 25.8 Å². The molecule has 2 unspecified atom stereocenters. The van der Waals surface area contributed by atoms with Crippen LogP contribution in [-0.2, 0) is 14.3 Å². The Morgan fingerprint density at radius 2 is 1.72 bits per heavy atom. The molecule has 0 aliphatic heterocycles. The number of aromatic nitrogens is 1. The summed E-state index contributed by atoms with van der Waals surface area (Å²) in [5.74, 6) is -1.03. The smallest absolute Gasteiger partial charge is 0.408 e. The predicted octanol–water partition coefficient (Wildman–Crippen LogP) is 2.80. The number of amides is 1. The average molecular weight is 551 g/mol. The number of carboxylic acid groups (broad SMARTS) is 2. The first-order valence-electron chi connectivity index (χ1n) is 12.3. The normalized spacial score (nSPS) is 12.0. The second-order valence-electron chi connectivity index (χ2n) is 9.79. The van der Waals surface area contributed by atoms with E-state index < -0.39 is 35.7 Å². The zero-order valence-corrected chi connectivity index (χ0v) is 23.2. The Kier molecular flexibility index (Phi) is 16.3. The SMILES string of the molecule is CC(C)CC(NC(=O)OC(C)(C)C)C(=O)O.NC(N)=NCCCC(N)C(=O)O.c1ccc(-c2cnco2)cc1. The Morgan fingerprint density at radius 3 is 2.15 bits per heavy atom. The molecule has 13 nitrogen and oxygen atoms in total. The molecule has 1 aromatic carbocycles. The van der Waals surface area contributed by atoms with Crippen molar-refractivity contribution in [3.05, 3.63) is 42.9 Å². The van der Waals surface area contributed by atoms with Crippen LogP contribution in [0.3, 0.4) is 0 Å². The third-order valence-electron chi connectivity index (χ3n) is 4.47. The number of nitrogens with one attached hydrogen (secondary N) is 1.